The third-order valence-corrected chi connectivity index (χ3v) is 2.96. The number of carbonyl (C=O) groups excluding carboxylic acids is 1. The summed E-state index contributed by atoms with van der Waals surface area (Å²) < 4.78 is 29.1. The number of carbonyl (C=O) groups is 2. The highest BCUT2D eigenvalue weighted by Crippen LogP contribution is 2.21. The van der Waals surface area contributed by atoms with Gasteiger partial charge in [0.1, 0.15) is 11.8 Å². The molecule has 0 aliphatic rings. The van der Waals surface area contributed by atoms with Crippen LogP contribution in [0.4, 0.5) is 8.78 Å². The molecule has 5 nitrogen and oxygen atoms in total. The molecule has 0 aliphatic carbocycles. The first-order valence-electron chi connectivity index (χ1n) is 4.88. The Labute approximate surface area is 105 Å². The second kappa shape index (κ2) is 6.29. The molecule has 18 heavy (non-hydrogen) atoms. The first-order valence-corrected chi connectivity index (χ1v) is 5.76. The van der Waals surface area contributed by atoms with Crippen LogP contribution in [0.5, 0.6) is 5.75 Å². The van der Waals surface area contributed by atoms with Gasteiger partial charge in [0.2, 0.25) is 6.43 Å². The minimum Gasteiger partial charge on any atom is -0.496 e. The molecule has 1 rings (SSSR count). The molecule has 1 heterocycles. The van der Waals surface area contributed by atoms with Gasteiger partial charge in [0.25, 0.3) is 5.91 Å². The Hall–Kier alpha value is -1.70. The van der Waals surface area contributed by atoms with E-state index in [4.69, 9.17) is 9.84 Å². The van der Waals surface area contributed by atoms with Gasteiger partial charge < -0.3 is 15.2 Å². The zero-order chi connectivity index (χ0) is 13.7. The van der Waals surface area contributed by atoms with E-state index in [9.17, 15) is 18.4 Å². The summed E-state index contributed by atoms with van der Waals surface area (Å²) in [6, 6.07) is -0.202. The fourth-order valence-corrected chi connectivity index (χ4v) is 1.93. The van der Waals surface area contributed by atoms with E-state index in [0.717, 1.165) is 11.3 Å². The SMILES string of the molecule is COc1csc(C(=O)NC(CC(F)F)C(=O)O)c1. The highest BCUT2D eigenvalue weighted by Gasteiger charge is 2.25. The maximum atomic E-state index is 12.1. The molecule has 0 saturated carbocycles. The second-order valence-electron chi connectivity index (χ2n) is 3.34. The third-order valence-electron chi connectivity index (χ3n) is 2.05. The van der Waals surface area contributed by atoms with Crippen molar-refractivity contribution in [3.8, 4) is 5.75 Å². The monoisotopic (exact) mass is 279 g/mol. The Morgan fingerprint density at radius 3 is 2.67 bits per heavy atom. The molecule has 0 aliphatic heterocycles. The molecule has 1 aromatic rings. The van der Waals surface area contributed by atoms with Gasteiger partial charge in [-0.3, -0.25) is 4.79 Å². The summed E-state index contributed by atoms with van der Waals surface area (Å²) in [5, 5.41) is 12.3. The van der Waals surface area contributed by atoms with Gasteiger partial charge in [-0.1, -0.05) is 0 Å². The Morgan fingerprint density at radius 2 is 2.22 bits per heavy atom. The summed E-state index contributed by atoms with van der Waals surface area (Å²) in [5.41, 5.74) is 0. The lowest BCUT2D eigenvalue weighted by Crippen LogP contribution is -2.41. The maximum Gasteiger partial charge on any atom is 0.326 e. The number of alkyl halides is 2. The average Bonchev–Trinajstić information content (AvgIpc) is 2.75. The number of hydrogen-bond acceptors (Lipinski definition) is 4. The van der Waals surface area contributed by atoms with E-state index in [1.54, 1.807) is 5.38 Å². The quantitative estimate of drug-likeness (QED) is 0.829. The van der Waals surface area contributed by atoms with E-state index in [0.29, 0.717) is 5.75 Å². The number of nitrogens with one attached hydrogen (secondary N) is 1. The van der Waals surface area contributed by atoms with Crippen LogP contribution < -0.4 is 10.1 Å². The van der Waals surface area contributed by atoms with Crippen molar-refractivity contribution in [2.75, 3.05) is 7.11 Å². The zero-order valence-electron chi connectivity index (χ0n) is 9.35. The van der Waals surface area contributed by atoms with Crippen molar-refractivity contribution in [1.29, 1.82) is 0 Å². The van der Waals surface area contributed by atoms with Crippen molar-refractivity contribution < 1.29 is 28.2 Å². The molecule has 0 saturated heterocycles. The van der Waals surface area contributed by atoms with E-state index in [1.165, 1.54) is 13.2 Å². The van der Waals surface area contributed by atoms with Crippen LogP contribution in [0.1, 0.15) is 16.1 Å². The summed E-state index contributed by atoms with van der Waals surface area (Å²) in [5.74, 6) is -1.76. The number of carboxylic acid groups (broad SMARTS) is 1. The van der Waals surface area contributed by atoms with Gasteiger partial charge >= 0.3 is 5.97 Å². The van der Waals surface area contributed by atoms with E-state index in [1.807, 2.05) is 5.32 Å². The highest BCUT2D eigenvalue weighted by molar-refractivity contribution is 7.12. The van der Waals surface area contributed by atoms with Crippen LogP contribution in [0.25, 0.3) is 0 Å². The molecule has 1 aromatic heterocycles. The van der Waals surface area contributed by atoms with Gasteiger partial charge in [-0.2, -0.15) is 0 Å². The summed E-state index contributed by atoms with van der Waals surface area (Å²) in [4.78, 5) is 22.5. The van der Waals surface area contributed by atoms with Crippen LogP contribution in [0.3, 0.4) is 0 Å². The molecule has 0 bridgehead atoms. The first-order chi connectivity index (χ1) is 8.43. The molecule has 1 atom stereocenters. The average molecular weight is 279 g/mol. The number of hydrogen-bond donors (Lipinski definition) is 2. The molecular weight excluding hydrogens is 268 g/mol. The Kier molecular flexibility index (Phi) is 5.02. The van der Waals surface area contributed by atoms with Crippen molar-refractivity contribution >= 4 is 23.2 Å². The number of thiophene rings is 1. The predicted octanol–water partition coefficient (Wildman–Crippen LogP) is 1.59. The largest absolute Gasteiger partial charge is 0.496 e. The van der Waals surface area contributed by atoms with Crippen molar-refractivity contribution in [1.82, 2.24) is 5.32 Å². The van der Waals surface area contributed by atoms with Gasteiger partial charge in [0.15, 0.2) is 0 Å². The molecule has 1 unspecified atom stereocenters. The normalized spacial score (nSPS) is 12.2. The summed E-state index contributed by atoms with van der Waals surface area (Å²) in [6.45, 7) is 0. The number of methoxy groups -OCH3 is 1. The molecule has 0 spiro atoms. The number of carboxylic acids is 1. The number of aliphatic carboxylic acids is 1. The lowest BCUT2D eigenvalue weighted by molar-refractivity contribution is -0.140. The van der Waals surface area contributed by atoms with Gasteiger partial charge in [0.05, 0.1) is 12.0 Å². The fourth-order valence-electron chi connectivity index (χ4n) is 1.17. The topological polar surface area (TPSA) is 75.6 Å². The molecule has 1 amide bonds. The van der Waals surface area contributed by atoms with Crippen LogP contribution in [0.15, 0.2) is 11.4 Å². The van der Waals surface area contributed by atoms with E-state index in [-0.39, 0.29) is 4.88 Å². The number of ether oxygens (including phenoxy) is 1. The summed E-state index contributed by atoms with van der Waals surface area (Å²) in [6.07, 6.45) is -3.73. The van der Waals surface area contributed by atoms with Gasteiger partial charge in [-0.25, -0.2) is 13.6 Å². The van der Waals surface area contributed by atoms with E-state index >= 15 is 0 Å². The van der Waals surface area contributed by atoms with Gasteiger partial charge in [-0.15, -0.1) is 11.3 Å². The van der Waals surface area contributed by atoms with Crippen LogP contribution in [0.2, 0.25) is 0 Å². The van der Waals surface area contributed by atoms with E-state index < -0.39 is 30.8 Å². The van der Waals surface area contributed by atoms with Crippen molar-refractivity contribution in [3.05, 3.63) is 16.3 Å². The molecule has 0 radical (unpaired) electrons. The number of halogens is 2. The van der Waals surface area contributed by atoms with Gasteiger partial charge in [-0.05, 0) is 0 Å². The molecular formula is C10H11F2NO4S. The molecule has 0 fully saturated rings. The van der Waals surface area contributed by atoms with Gasteiger partial charge in [0, 0.05) is 17.9 Å². The standard InChI is InChI=1S/C10H11F2NO4S/c1-17-5-2-7(18-4-5)9(14)13-6(10(15)16)3-8(11)12/h2,4,6,8H,3H2,1H3,(H,13,14)(H,15,16). The van der Waals surface area contributed by atoms with Crippen LogP contribution in [-0.2, 0) is 4.79 Å². The van der Waals surface area contributed by atoms with E-state index in [2.05, 4.69) is 0 Å². The zero-order valence-corrected chi connectivity index (χ0v) is 10.2. The molecule has 8 heteroatoms. The van der Waals surface area contributed by atoms with Crippen LogP contribution >= 0.6 is 11.3 Å². The number of rotatable bonds is 6. The predicted molar refractivity (Wildman–Crippen MR) is 60.4 cm³/mol. The Morgan fingerprint density at radius 1 is 1.56 bits per heavy atom. The second-order valence-corrected chi connectivity index (χ2v) is 4.25. The first kappa shape index (κ1) is 14.4. The Balaban J connectivity index is 2.69. The van der Waals surface area contributed by atoms with Crippen molar-refractivity contribution in [2.45, 2.75) is 18.9 Å². The third kappa shape index (κ3) is 3.95. The molecule has 2 N–H and O–H groups in total. The fraction of sp³-hybridized carbons (Fsp3) is 0.400. The van der Waals surface area contributed by atoms with Crippen molar-refractivity contribution in [3.63, 3.8) is 0 Å². The minimum absolute atomic E-state index is 0.201. The highest BCUT2D eigenvalue weighted by atomic mass is 32.1. The maximum absolute atomic E-state index is 12.1. The summed E-state index contributed by atoms with van der Waals surface area (Å²) in [7, 11) is 1.42. The van der Waals surface area contributed by atoms with Crippen LogP contribution in [-0.4, -0.2) is 36.6 Å². The molecule has 0 aromatic carbocycles. The van der Waals surface area contributed by atoms with Crippen LogP contribution in [0, 0.1) is 0 Å². The Bertz CT molecular complexity index is 435. The lowest BCUT2D eigenvalue weighted by Gasteiger charge is -2.12. The summed E-state index contributed by atoms with van der Waals surface area (Å²) >= 11 is 1.04. The van der Waals surface area contributed by atoms with Crippen molar-refractivity contribution in [2.24, 2.45) is 0 Å². The lowest BCUT2D eigenvalue weighted by atomic mass is 10.2. The smallest absolute Gasteiger partial charge is 0.326 e. The number of amides is 1. The molecule has 100 valence electrons. The minimum atomic E-state index is -2.80.